The van der Waals surface area contributed by atoms with E-state index in [0.717, 1.165) is 46.5 Å². The highest BCUT2D eigenvalue weighted by Gasteiger charge is 2.32. The van der Waals surface area contributed by atoms with Gasteiger partial charge in [-0.2, -0.15) is 0 Å². The zero-order chi connectivity index (χ0) is 19.3. The fourth-order valence-electron chi connectivity index (χ4n) is 3.89. The first kappa shape index (κ1) is 17.1. The Labute approximate surface area is 167 Å². The molecule has 0 unspecified atom stereocenters. The molecule has 1 saturated carbocycles. The molecular formula is C23H18ClN3O. The lowest BCUT2D eigenvalue weighted by Gasteiger charge is -2.17. The van der Waals surface area contributed by atoms with E-state index in [1.165, 1.54) is 0 Å². The van der Waals surface area contributed by atoms with E-state index in [1.54, 1.807) is 12.3 Å². The van der Waals surface area contributed by atoms with Gasteiger partial charge in [-0.15, -0.1) is 0 Å². The Morgan fingerprint density at radius 3 is 2.54 bits per heavy atom. The van der Waals surface area contributed by atoms with Crippen LogP contribution in [0.1, 0.15) is 30.0 Å². The third-order valence-electron chi connectivity index (χ3n) is 5.18. The van der Waals surface area contributed by atoms with E-state index < -0.39 is 0 Å². The summed E-state index contributed by atoms with van der Waals surface area (Å²) in [5.74, 6) is 0.360. The summed E-state index contributed by atoms with van der Waals surface area (Å²) in [5, 5.41) is 1.13. The van der Waals surface area contributed by atoms with Crippen LogP contribution in [0.2, 0.25) is 5.15 Å². The molecule has 0 atom stereocenters. The maximum atomic E-state index is 12.8. The highest BCUT2D eigenvalue weighted by atomic mass is 35.5. The first-order valence-corrected chi connectivity index (χ1v) is 9.75. The molecule has 5 heteroatoms. The zero-order valence-corrected chi connectivity index (χ0v) is 16.1. The Bertz CT molecular complexity index is 1240. The van der Waals surface area contributed by atoms with Crippen LogP contribution >= 0.6 is 11.6 Å². The third-order valence-corrected chi connectivity index (χ3v) is 5.37. The number of rotatable bonds is 3. The molecule has 4 aromatic rings. The standard InChI is InChI=1S/C23H18ClN3O/c1-13-11-16(12-18(24)26-13)20-19(14-7-8-14)21-17(28)9-10-25-23(21)27-22(20)15-5-3-2-4-6-15/h2-6,9-12,14H,7-8H2,1H3,(H,25,27,28). The number of benzene rings is 1. The normalized spacial score (nSPS) is 13.8. The molecule has 0 aliphatic heterocycles. The Balaban J connectivity index is 1.97. The third kappa shape index (κ3) is 2.90. The van der Waals surface area contributed by atoms with E-state index in [4.69, 9.17) is 16.6 Å². The minimum absolute atomic E-state index is 0.000821. The summed E-state index contributed by atoms with van der Waals surface area (Å²) in [7, 11) is 0. The van der Waals surface area contributed by atoms with Crippen LogP contribution < -0.4 is 5.43 Å². The molecule has 1 fully saturated rings. The molecule has 4 nitrogen and oxygen atoms in total. The smallest absolute Gasteiger partial charge is 0.191 e. The van der Waals surface area contributed by atoms with E-state index in [-0.39, 0.29) is 5.43 Å². The molecule has 1 aliphatic carbocycles. The van der Waals surface area contributed by atoms with Crippen molar-refractivity contribution in [1.82, 2.24) is 15.0 Å². The maximum absolute atomic E-state index is 12.8. The van der Waals surface area contributed by atoms with E-state index in [0.29, 0.717) is 22.1 Å². The maximum Gasteiger partial charge on any atom is 0.191 e. The van der Waals surface area contributed by atoms with Crippen LogP contribution in [0.15, 0.2) is 59.5 Å². The summed E-state index contributed by atoms with van der Waals surface area (Å²) < 4.78 is 0. The topological polar surface area (TPSA) is 58.6 Å². The van der Waals surface area contributed by atoms with Crippen LogP contribution in [0, 0.1) is 6.92 Å². The number of H-pyrrole nitrogens is 1. The van der Waals surface area contributed by atoms with Crippen molar-refractivity contribution >= 4 is 22.6 Å². The molecule has 1 aromatic carbocycles. The van der Waals surface area contributed by atoms with Gasteiger partial charge in [-0.25, -0.2) is 9.97 Å². The number of aryl methyl sites for hydroxylation is 1. The molecule has 0 amide bonds. The molecule has 3 heterocycles. The first-order chi connectivity index (χ1) is 13.6. The van der Waals surface area contributed by atoms with Crippen molar-refractivity contribution in [1.29, 1.82) is 0 Å². The fourth-order valence-corrected chi connectivity index (χ4v) is 4.14. The molecule has 0 radical (unpaired) electrons. The number of fused-ring (bicyclic) bond motifs is 1. The predicted octanol–water partition coefficient (Wildman–Crippen LogP) is 5.49. The molecular weight excluding hydrogens is 370 g/mol. The Morgan fingerprint density at radius 2 is 1.82 bits per heavy atom. The van der Waals surface area contributed by atoms with Crippen LogP contribution in [0.4, 0.5) is 0 Å². The highest BCUT2D eigenvalue weighted by Crippen LogP contribution is 2.49. The number of pyridine rings is 3. The molecule has 1 N–H and O–H groups in total. The Morgan fingerprint density at radius 1 is 1.04 bits per heavy atom. The summed E-state index contributed by atoms with van der Waals surface area (Å²) in [6, 6.07) is 15.5. The number of halogens is 1. The van der Waals surface area contributed by atoms with Crippen molar-refractivity contribution < 1.29 is 0 Å². The van der Waals surface area contributed by atoms with Gasteiger partial charge in [0, 0.05) is 29.1 Å². The summed E-state index contributed by atoms with van der Waals surface area (Å²) in [5.41, 5.74) is 6.36. The van der Waals surface area contributed by atoms with Crippen molar-refractivity contribution in [3.63, 3.8) is 0 Å². The summed E-state index contributed by atoms with van der Waals surface area (Å²) in [4.78, 5) is 25.2. The summed E-state index contributed by atoms with van der Waals surface area (Å²) >= 11 is 6.30. The van der Waals surface area contributed by atoms with Gasteiger partial charge in [0.05, 0.1) is 11.1 Å². The van der Waals surface area contributed by atoms with Crippen molar-refractivity contribution in [2.75, 3.05) is 0 Å². The van der Waals surface area contributed by atoms with E-state index >= 15 is 0 Å². The molecule has 28 heavy (non-hydrogen) atoms. The van der Waals surface area contributed by atoms with Gasteiger partial charge in [0.1, 0.15) is 10.8 Å². The van der Waals surface area contributed by atoms with Gasteiger partial charge >= 0.3 is 0 Å². The van der Waals surface area contributed by atoms with Crippen LogP contribution in [-0.2, 0) is 0 Å². The predicted molar refractivity (Wildman–Crippen MR) is 113 cm³/mol. The second-order valence-corrected chi connectivity index (χ2v) is 7.66. The van der Waals surface area contributed by atoms with Crippen LogP contribution in [0.25, 0.3) is 33.4 Å². The molecule has 0 bridgehead atoms. The van der Waals surface area contributed by atoms with Crippen LogP contribution in [-0.4, -0.2) is 15.0 Å². The molecule has 3 aromatic heterocycles. The second-order valence-electron chi connectivity index (χ2n) is 7.27. The minimum atomic E-state index is 0.000821. The zero-order valence-electron chi connectivity index (χ0n) is 15.4. The molecule has 138 valence electrons. The number of nitrogens with one attached hydrogen (secondary N) is 1. The summed E-state index contributed by atoms with van der Waals surface area (Å²) in [6.07, 6.45) is 3.81. The van der Waals surface area contributed by atoms with Crippen molar-refractivity contribution in [3.05, 3.63) is 81.4 Å². The lowest BCUT2D eigenvalue weighted by Crippen LogP contribution is -2.08. The lowest BCUT2D eigenvalue weighted by atomic mass is 9.90. The number of hydrogen-bond donors (Lipinski definition) is 1. The minimum Gasteiger partial charge on any atom is -0.346 e. The van der Waals surface area contributed by atoms with Gasteiger partial charge in [0.25, 0.3) is 0 Å². The number of hydrogen-bond acceptors (Lipinski definition) is 3. The number of aromatic amines is 1. The van der Waals surface area contributed by atoms with Crippen molar-refractivity contribution in [2.45, 2.75) is 25.7 Å². The molecule has 5 rings (SSSR count). The largest absolute Gasteiger partial charge is 0.346 e. The highest BCUT2D eigenvalue weighted by molar-refractivity contribution is 6.29. The molecule has 1 aliphatic rings. The van der Waals surface area contributed by atoms with Crippen LogP contribution in [0.3, 0.4) is 0 Å². The van der Waals surface area contributed by atoms with Crippen molar-refractivity contribution in [2.24, 2.45) is 0 Å². The summed E-state index contributed by atoms with van der Waals surface area (Å²) in [6.45, 7) is 1.93. The van der Waals surface area contributed by atoms with E-state index in [2.05, 4.69) is 9.97 Å². The average Bonchev–Trinajstić information content (AvgIpc) is 3.52. The van der Waals surface area contributed by atoms with Crippen molar-refractivity contribution in [3.8, 4) is 22.4 Å². The monoisotopic (exact) mass is 387 g/mol. The molecule has 0 spiro atoms. The van der Waals surface area contributed by atoms with Gasteiger partial charge in [0.2, 0.25) is 0 Å². The average molecular weight is 388 g/mol. The van der Waals surface area contributed by atoms with E-state index in [9.17, 15) is 4.79 Å². The van der Waals surface area contributed by atoms with Crippen LogP contribution in [0.5, 0.6) is 0 Å². The lowest BCUT2D eigenvalue weighted by molar-refractivity contribution is 1.12. The fraction of sp³-hybridized carbons (Fsp3) is 0.174. The van der Waals surface area contributed by atoms with Gasteiger partial charge in [0.15, 0.2) is 5.43 Å². The van der Waals surface area contributed by atoms with Gasteiger partial charge in [-0.05, 0) is 48.9 Å². The van der Waals surface area contributed by atoms with E-state index in [1.807, 2.05) is 49.4 Å². The van der Waals surface area contributed by atoms with Gasteiger partial charge < -0.3 is 4.98 Å². The number of nitrogens with zero attached hydrogens (tertiary/aromatic N) is 2. The number of aromatic nitrogens is 3. The Kier molecular flexibility index (Phi) is 4.02. The quantitative estimate of drug-likeness (QED) is 0.473. The SMILES string of the molecule is Cc1cc(-c2c(-c3ccccc3)nc3[nH]ccc(=O)c3c2C2CC2)cc(Cl)n1. The Hall–Kier alpha value is -2.98. The van der Waals surface area contributed by atoms with Gasteiger partial charge in [-0.1, -0.05) is 41.9 Å². The molecule has 0 saturated heterocycles. The van der Waals surface area contributed by atoms with Gasteiger partial charge in [-0.3, -0.25) is 4.79 Å². The second kappa shape index (κ2) is 6.57. The first-order valence-electron chi connectivity index (χ1n) is 9.37.